The van der Waals surface area contributed by atoms with Crippen molar-refractivity contribution in [2.24, 2.45) is 5.92 Å². The van der Waals surface area contributed by atoms with E-state index in [1.54, 1.807) is 4.40 Å². The van der Waals surface area contributed by atoms with Crippen LogP contribution < -0.4 is 10.6 Å². The fourth-order valence-electron chi connectivity index (χ4n) is 2.21. The lowest BCUT2D eigenvalue weighted by Crippen LogP contribution is -2.37. The minimum absolute atomic E-state index is 0. The van der Waals surface area contributed by atoms with Crippen molar-refractivity contribution >= 4 is 42.3 Å². The van der Waals surface area contributed by atoms with Crippen LogP contribution in [0, 0.1) is 5.92 Å². The molecule has 0 bridgehead atoms. The Balaban J connectivity index is 0.000001000. The largest absolute Gasteiger partial charge is 0.316 e. The Morgan fingerprint density at radius 2 is 2.20 bits per heavy atom. The molecule has 110 valence electrons. The molecule has 1 amide bonds. The molecular weight excluding hydrogens is 301 g/mol. The van der Waals surface area contributed by atoms with Gasteiger partial charge in [-0.05, 0) is 31.5 Å². The van der Waals surface area contributed by atoms with Gasteiger partial charge in [-0.3, -0.25) is 14.5 Å². The topological polar surface area (TPSA) is 71.3 Å². The number of rotatable bonds is 2. The molecule has 6 nitrogen and oxygen atoms in total. The predicted molar refractivity (Wildman–Crippen MR) is 81.7 cm³/mol. The molecular formula is C12H17Cl2N5O. The van der Waals surface area contributed by atoms with Crippen molar-refractivity contribution < 1.29 is 4.79 Å². The van der Waals surface area contributed by atoms with E-state index in [0.717, 1.165) is 31.6 Å². The summed E-state index contributed by atoms with van der Waals surface area (Å²) in [4.78, 5) is 12.1. The van der Waals surface area contributed by atoms with Gasteiger partial charge in [-0.2, -0.15) is 0 Å². The van der Waals surface area contributed by atoms with Gasteiger partial charge < -0.3 is 5.32 Å². The zero-order valence-electron chi connectivity index (χ0n) is 10.8. The summed E-state index contributed by atoms with van der Waals surface area (Å²) in [6, 6.07) is 5.62. The van der Waals surface area contributed by atoms with Gasteiger partial charge in [-0.15, -0.1) is 35.0 Å². The van der Waals surface area contributed by atoms with E-state index in [1.807, 2.05) is 24.4 Å². The summed E-state index contributed by atoms with van der Waals surface area (Å²) in [5, 5.41) is 14.1. The SMILES string of the molecule is Cl.Cl.O=C(Nc1nnc2ccccn12)C1CCCNC1. The van der Waals surface area contributed by atoms with Crippen LogP contribution in [0.1, 0.15) is 12.8 Å². The summed E-state index contributed by atoms with van der Waals surface area (Å²) in [5.74, 6) is 0.524. The molecule has 8 heteroatoms. The zero-order chi connectivity index (χ0) is 12.4. The predicted octanol–water partition coefficient (Wildman–Crippen LogP) is 1.51. The second-order valence-electron chi connectivity index (χ2n) is 4.48. The van der Waals surface area contributed by atoms with Gasteiger partial charge >= 0.3 is 0 Å². The maximum atomic E-state index is 12.1. The first-order valence-corrected chi connectivity index (χ1v) is 6.16. The van der Waals surface area contributed by atoms with E-state index in [2.05, 4.69) is 20.8 Å². The molecule has 0 spiro atoms. The van der Waals surface area contributed by atoms with Crippen LogP contribution in [0.3, 0.4) is 0 Å². The van der Waals surface area contributed by atoms with Gasteiger partial charge in [0.25, 0.3) is 0 Å². The van der Waals surface area contributed by atoms with Crippen molar-refractivity contribution in [1.82, 2.24) is 19.9 Å². The first kappa shape index (κ1) is 16.7. The summed E-state index contributed by atoms with van der Waals surface area (Å²) in [6.07, 6.45) is 3.80. The van der Waals surface area contributed by atoms with E-state index in [-0.39, 0.29) is 36.6 Å². The molecule has 20 heavy (non-hydrogen) atoms. The Morgan fingerprint density at radius 3 is 2.95 bits per heavy atom. The molecule has 3 heterocycles. The Hall–Kier alpha value is -1.37. The minimum atomic E-state index is 0. The summed E-state index contributed by atoms with van der Waals surface area (Å²) in [5.41, 5.74) is 0.731. The number of pyridine rings is 1. The average molecular weight is 318 g/mol. The molecule has 1 fully saturated rings. The van der Waals surface area contributed by atoms with Crippen molar-refractivity contribution in [1.29, 1.82) is 0 Å². The quantitative estimate of drug-likeness (QED) is 0.880. The first-order valence-electron chi connectivity index (χ1n) is 6.16. The summed E-state index contributed by atoms with van der Waals surface area (Å²) in [7, 11) is 0. The minimum Gasteiger partial charge on any atom is -0.316 e. The highest BCUT2D eigenvalue weighted by atomic mass is 35.5. The van der Waals surface area contributed by atoms with Crippen LogP contribution in [-0.4, -0.2) is 33.6 Å². The molecule has 3 rings (SSSR count). The van der Waals surface area contributed by atoms with E-state index in [4.69, 9.17) is 0 Å². The lowest BCUT2D eigenvalue weighted by Gasteiger charge is -2.21. The second kappa shape index (κ2) is 7.42. The maximum Gasteiger partial charge on any atom is 0.235 e. The van der Waals surface area contributed by atoms with E-state index in [1.165, 1.54) is 0 Å². The molecule has 1 aliphatic rings. The molecule has 0 saturated carbocycles. The monoisotopic (exact) mass is 317 g/mol. The average Bonchev–Trinajstić information content (AvgIpc) is 2.83. The van der Waals surface area contributed by atoms with Crippen molar-refractivity contribution in [3.63, 3.8) is 0 Å². The highest BCUT2D eigenvalue weighted by molar-refractivity contribution is 5.91. The van der Waals surface area contributed by atoms with Crippen LogP contribution in [0.15, 0.2) is 24.4 Å². The van der Waals surface area contributed by atoms with E-state index < -0.39 is 0 Å². The van der Waals surface area contributed by atoms with Gasteiger partial charge in [0.05, 0.1) is 5.92 Å². The van der Waals surface area contributed by atoms with Crippen LogP contribution in [0.25, 0.3) is 5.65 Å². The van der Waals surface area contributed by atoms with E-state index in [0.29, 0.717) is 5.95 Å². The Labute approximate surface area is 129 Å². The van der Waals surface area contributed by atoms with Crippen molar-refractivity contribution in [3.05, 3.63) is 24.4 Å². The number of aromatic nitrogens is 3. The normalized spacial score (nSPS) is 17.9. The number of carbonyl (C=O) groups is 1. The van der Waals surface area contributed by atoms with Crippen molar-refractivity contribution in [2.75, 3.05) is 18.4 Å². The second-order valence-corrected chi connectivity index (χ2v) is 4.48. The third-order valence-electron chi connectivity index (χ3n) is 3.22. The third-order valence-corrected chi connectivity index (χ3v) is 3.22. The summed E-state index contributed by atoms with van der Waals surface area (Å²) >= 11 is 0. The van der Waals surface area contributed by atoms with Crippen LogP contribution in [0.2, 0.25) is 0 Å². The number of hydrogen-bond acceptors (Lipinski definition) is 4. The molecule has 0 aromatic carbocycles. The number of halogens is 2. The Bertz CT molecular complexity index is 568. The van der Waals surface area contributed by atoms with Crippen LogP contribution in [-0.2, 0) is 4.79 Å². The van der Waals surface area contributed by atoms with E-state index in [9.17, 15) is 4.79 Å². The van der Waals surface area contributed by atoms with Gasteiger partial charge in [0.1, 0.15) is 0 Å². The standard InChI is InChI=1S/C12H15N5O.2ClH/c18-11(9-4-3-6-13-8-9)14-12-16-15-10-5-1-2-7-17(10)12;;/h1-2,5,7,9,13H,3-4,6,8H2,(H,14,16,18);2*1H. The van der Waals surface area contributed by atoms with Crippen molar-refractivity contribution in [3.8, 4) is 0 Å². The number of amides is 1. The highest BCUT2D eigenvalue weighted by Crippen LogP contribution is 2.13. The molecule has 2 aromatic heterocycles. The van der Waals surface area contributed by atoms with Gasteiger partial charge in [-0.1, -0.05) is 6.07 Å². The molecule has 1 aliphatic heterocycles. The van der Waals surface area contributed by atoms with Gasteiger partial charge in [0.15, 0.2) is 5.65 Å². The molecule has 1 unspecified atom stereocenters. The van der Waals surface area contributed by atoms with Crippen LogP contribution in [0.5, 0.6) is 0 Å². The zero-order valence-corrected chi connectivity index (χ0v) is 12.4. The molecule has 2 N–H and O–H groups in total. The first-order chi connectivity index (χ1) is 8.84. The lowest BCUT2D eigenvalue weighted by atomic mass is 9.99. The molecule has 1 atom stereocenters. The van der Waals surface area contributed by atoms with Crippen LogP contribution >= 0.6 is 24.8 Å². The maximum absolute atomic E-state index is 12.1. The Kier molecular flexibility index (Phi) is 6.19. The van der Waals surface area contributed by atoms with Crippen LogP contribution in [0.4, 0.5) is 5.95 Å². The molecule has 0 aliphatic carbocycles. The lowest BCUT2D eigenvalue weighted by molar-refractivity contribution is -0.120. The fourth-order valence-corrected chi connectivity index (χ4v) is 2.21. The van der Waals surface area contributed by atoms with Gasteiger partial charge in [-0.25, -0.2) is 0 Å². The number of nitrogens with one attached hydrogen (secondary N) is 2. The molecule has 0 radical (unpaired) electrons. The van der Waals surface area contributed by atoms with Crippen molar-refractivity contribution in [2.45, 2.75) is 12.8 Å². The third kappa shape index (κ3) is 3.39. The number of piperidine rings is 1. The molecule has 2 aromatic rings. The number of anilines is 1. The number of fused-ring (bicyclic) bond motifs is 1. The number of nitrogens with zero attached hydrogens (tertiary/aromatic N) is 3. The summed E-state index contributed by atoms with van der Waals surface area (Å²) in [6.45, 7) is 1.74. The number of hydrogen-bond donors (Lipinski definition) is 2. The van der Waals surface area contributed by atoms with Gasteiger partial charge in [0, 0.05) is 12.7 Å². The fraction of sp³-hybridized carbons (Fsp3) is 0.417. The molecule has 1 saturated heterocycles. The van der Waals surface area contributed by atoms with E-state index >= 15 is 0 Å². The summed E-state index contributed by atoms with van der Waals surface area (Å²) < 4.78 is 1.77. The van der Waals surface area contributed by atoms with Gasteiger partial charge in [0.2, 0.25) is 11.9 Å². The Morgan fingerprint density at radius 1 is 1.35 bits per heavy atom. The smallest absolute Gasteiger partial charge is 0.235 e. The number of carbonyl (C=O) groups excluding carboxylic acids is 1. The highest BCUT2D eigenvalue weighted by Gasteiger charge is 2.22.